The molecule has 0 atom stereocenters. The standard InChI is InChI=1S/C53H32N4OS/c1-53(2)44-17-9-7-15-36(44)37-21-19-29(24-45(37)53)49-55-50(30-20-22-39-38-16-8-10-18-47(38)59-48(39)25-30)57-51(56-49)31-23-43-42-26-40-34-13-5-3-11-32(34)33-12-4-6-14-35(33)41(40)27-46(42)58-52(43)54-28-31/h3-28H,1-2H3. The first kappa shape index (κ1) is 32.8. The first-order valence-corrected chi connectivity index (χ1v) is 20.8. The molecule has 8 aromatic carbocycles. The molecule has 0 saturated heterocycles. The van der Waals surface area contributed by atoms with Crippen LogP contribution in [0.3, 0.4) is 0 Å². The fraction of sp³-hybridized carbons (Fsp3) is 0.0566. The topological polar surface area (TPSA) is 64.7 Å². The van der Waals surface area contributed by atoms with Gasteiger partial charge in [0.2, 0.25) is 5.71 Å². The lowest BCUT2D eigenvalue weighted by Gasteiger charge is -2.21. The number of aromatic nitrogens is 4. The SMILES string of the molecule is CC1(C)c2ccccc2-c2ccc(-c3nc(-c4ccc5c(c4)sc4ccccc45)nc(-c4cnc5oc6cc7c8ccccc8c8ccccc8c7cc6c5c4)n3)cc21. The van der Waals surface area contributed by atoms with Gasteiger partial charge in [-0.15, -0.1) is 11.3 Å². The van der Waals surface area contributed by atoms with E-state index in [0.717, 1.165) is 38.4 Å². The fourth-order valence-corrected chi connectivity index (χ4v) is 10.8. The van der Waals surface area contributed by atoms with Crippen molar-refractivity contribution in [2.24, 2.45) is 0 Å². The molecular formula is C53H32N4OS. The maximum Gasteiger partial charge on any atom is 0.227 e. The normalized spacial score (nSPS) is 13.4. The number of pyridine rings is 1. The van der Waals surface area contributed by atoms with Gasteiger partial charge in [0.05, 0.1) is 0 Å². The van der Waals surface area contributed by atoms with Crippen LogP contribution in [0.25, 0.3) is 120 Å². The molecule has 0 spiro atoms. The molecule has 0 amide bonds. The Morgan fingerprint density at radius 2 is 1.00 bits per heavy atom. The lowest BCUT2D eigenvalue weighted by molar-refractivity contribution is 0.654. The Morgan fingerprint density at radius 1 is 0.424 bits per heavy atom. The zero-order valence-electron chi connectivity index (χ0n) is 32.1. The van der Waals surface area contributed by atoms with Crippen LogP contribution in [0.2, 0.25) is 0 Å². The maximum atomic E-state index is 6.49. The van der Waals surface area contributed by atoms with Gasteiger partial charge in [0, 0.05) is 59.2 Å². The predicted molar refractivity (Wildman–Crippen MR) is 244 cm³/mol. The first-order valence-electron chi connectivity index (χ1n) is 19.9. The van der Waals surface area contributed by atoms with Crippen molar-refractivity contribution >= 4 is 85.9 Å². The van der Waals surface area contributed by atoms with Crippen LogP contribution in [0.4, 0.5) is 0 Å². The summed E-state index contributed by atoms with van der Waals surface area (Å²) in [7, 11) is 0. The van der Waals surface area contributed by atoms with Crippen LogP contribution in [0.5, 0.6) is 0 Å². The fourth-order valence-electron chi connectivity index (χ4n) is 9.65. The minimum atomic E-state index is -0.161. The van der Waals surface area contributed by atoms with Crippen molar-refractivity contribution in [2.45, 2.75) is 19.3 Å². The van der Waals surface area contributed by atoms with Crippen LogP contribution >= 0.6 is 11.3 Å². The number of hydrogen-bond donors (Lipinski definition) is 0. The minimum absolute atomic E-state index is 0.161. The lowest BCUT2D eigenvalue weighted by Crippen LogP contribution is -2.15. The molecule has 5 nitrogen and oxygen atoms in total. The molecule has 4 aromatic heterocycles. The summed E-state index contributed by atoms with van der Waals surface area (Å²) in [6, 6.07) is 54.3. The molecule has 1 aliphatic rings. The number of benzene rings is 8. The highest BCUT2D eigenvalue weighted by atomic mass is 32.1. The molecule has 1 aliphatic carbocycles. The summed E-state index contributed by atoms with van der Waals surface area (Å²) in [5.74, 6) is 1.80. The van der Waals surface area contributed by atoms with Gasteiger partial charge in [-0.05, 0) is 91.0 Å². The van der Waals surface area contributed by atoms with Gasteiger partial charge in [0.25, 0.3) is 0 Å². The van der Waals surface area contributed by atoms with E-state index in [4.69, 9.17) is 24.4 Å². The van der Waals surface area contributed by atoms with Gasteiger partial charge in [-0.25, -0.2) is 19.9 Å². The zero-order valence-corrected chi connectivity index (χ0v) is 32.9. The summed E-state index contributed by atoms with van der Waals surface area (Å²) in [5, 5.41) is 11.7. The number of thiophene rings is 1. The second-order valence-electron chi connectivity index (χ2n) is 16.2. The molecule has 0 aliphatic heterocycles. The first-order chi connectivity index (χ1) is 29.0. The summed E-state index contributed by atoms with van der Waals surface area (Å²) in [4.78, 5) is 20.5. The summed E-state index contributed by atoms with van der Waals surface area (Å²) in [6.45, 7) is 4.60. The molecule has 0 fully saturated rings. The Kier molecular flexibility index (Phi) is 6.60. The Balaban J connectivity index is 1.02. The van der Waals surface area contributed by atoms with Crippen LogP contribution in [-0.2, 0) is 5.41 Å². The molecule has 6 heteroatoms. The monoisotopic (exact) mass is 772 g/mol. The Labute approximate surface area is 342 Å². The van der Waals surface area contributed by atoms with Crippen molar-refractivity contribution in [3.8, 4) is 45.3 Å². The van der Waals surface area contributed by atoms with Gasteiger partial charge in [-0.2, -0.15) is 0 Å². The van der Waals surface area contributed by atoms with E-state index in [9.17, 15) is 0 Å². The highest BCUT2D eigenvalue weighted by Gasteiger charge is 2.35. The molecular weight excluding hydrogens is 741 g/mol. The number of fused-ring (bicyclic) bond motifs is 15. The van der Waals surface area contributed by atoms with Crippen LogP contribution in [0, 0.1) is 0 Å². The number of furan rings is 1. The van der Waals surface area contributed by atoms with Crippen molar-refractivity contribution in [3.05, 3.63) is 169 Å². The molecule has 0 saturated carbocycles. The zero-order chi connectivity index (χ0) is 39.0. The molecule has 0 bridgehead atoms. The molecule has 0 N–H and O–H groups in total. The van der Waals surface area contributed by atoms with E-state index in [1.807, 2.05) is 6.20 Å². The molecule has 0 unspecified atom stereocenters. The largest absolute Gasteiger partial charge is 0.438 e. The summed E-state index contributed by atoms with van der Waals surface area (Å²) in [5.41, 5.74) is 9.06. The van der Waals surface area contributed by atoms with E-state index in [1.54, 1.807) is 11.3 Å². The molecule has 13 rings (SSSR count). The van der Waals surface area contributed by atoms with E-state index in [1.165, 1.54) is 69.4 Å². The molecule has 12 aromatic rings. The van der Waals surface area contributed by atoms with Crippen LogP contribution in [0.1, 0.15) is 25.0 Å². The molecule has 59 heavy (non-hydrogen) atoms. The van der Waals surface area contributed by atoms with Crippen LogP contribution < -0.4 is 0 Å². The van der Waals surface area contributed by atoms with Gasteiger partial charge >= 0.3 is 0 Å². The maximum absolute atomic E-state index is 6.49. The van der Waals surface area contributed by atoms with Crippen molar-refractivity contribution < 1.29 is 4.42 Å². The molecule has 276 valence electrons. The van der Waals surface area contributed by atoms with E-state index in [0.29, 0.717) is 23.2 Å². The highest BCUT2D eigenvalue weighted by Crippen LogP contribution is 2.49. The van der Waals surface area contributed by atoms with E-state index in [2.05, 4.69) is 166 Å². The Hall–Kier alpha value is -7.28. The van der Waals surface area contributed by atoms with Gasteiger partial charge in [0.1, 0.15) is 5.58 Å². The van der Waals surface area contributed by atoms with Gasteiger partial charge in [-0.3, -0.25) is 0 Å². The number of hydrogen-bond acceptors (Lipinski definition) is 6. The molecule has 0 radical (unpaired) electrons. The highest BCUT2D eigenvalue weighted by molar-refractivity contribution is 7.25. The van der Waals surface area contributed by atoms with Crippen molar-refractivity contribution in [2.75, 3.05) is 0 Å². The van der Waals surface area contributed by atoms with E-state index >= 15 is 0 Å². The second kappa shape index (κ2) is 11.9. The average Bonchev–Trinajstić information content (AvgIpc) is 3.92. The predicted octanol–water partition coefficient (Wildman–Crippen LogP) is 14.3. The number of rotatable bonds is 3. The van der Waals surface area contributed by atoms with Gasteiger partial charge < -0.3 is 4.42 Å². The van der Waals surface area contributed by atoms with Crippen LogP contribution in [-0.4, -0.2) is 19.9 Å². The third-order valence-corrected chi connectivity index (χ3v) is 13.7. The van der Waals surface area contributed by atoms with Gasteiger partial charge in [-0.1, -0.05) is 129 Å². The minimum Gasteiger partial charge on any atom is -0.438 e. The summed E-state index contributed by atoms with van der Waals surface area (Å²) in [6.07, 6.45) is 1.83. The molecule has 4 heterocycles. The van der Waals surface area contributed by atoms with Crippen LogP contribution in [0.15, 0.2) is 162 Å². The summed E-state index contributed by atoms with van der Waals surface area (Å²) < 4.78 is 8.95. The van der Waals surface area contributed by atoms with Crippen molar-refractivity contribution in [1.29, 1.82) is 0 Å². The van der Waals surface area contributed by atoms with E-state index in [-0.39, 0.29) is 5.41 Å². The van der Waals surface area contributed by atoms with Crippen molar-refractivity contribution in [1.82, 2.24) is 19.9 Å². The third kappa shape index (κ3) is 4.72. The van der Waals surface area contributed by atoms with Crippen molar-refractivity contribution in [3.63, 3.8) is 0 Å². The smallest absolute Gasteiger partial charge is 0.227 e. The quantitative estimate of drug-likeness (QED) is 0.167. The average molecular weight is 773 g/mol. The third-order valence-electron chi connectivity index (χ3n) is 12.6. The van der Waals surface area contributed by atoms with E-state index < -0.39 is 0 Å². The van der Waals surface area contributed by atoms with Gasteiger partial charge in [0.15, 0.2) is 17.5 Å². The summed E-state index contributed by atoms with van der Waals surface area (Å²) >= 11 is 1.79. The number of nitrogens with zero attached hydrogens (tertiary/aromatic N) is 4. The Morgan fingerprint density at radius 3 is 1.76 bits per heavy atom. The lowest BCUT2D eigenvalue weighted by atomic mass is 9.82. The second-order valence-corrected chi connectivity index (χ2v) is 17.3. The Bertz CT molecular complexity index is 3780.